The number of nitrogens with two attached hydrogens (primary N) is 1. The van der Waals surface area contributed by atoms with E-state index >= 15 is 0 Å². The van der Waals surface area contributed by atoms with Gasteiger partial charge in [0, 0.05) is 20.8 Å². The van der Waals surface area contributed by atoms with Crippen LogP contribution in [0.2, 0.25) is 0 Å². The third-order valence-corrected chi connectivity index (χ3v) is 4.35. The molecule has 0 amide bonds. The van der Waals surface area contributed by atoms with Crippen molar-refractivity contribution in [2.75, 3.05) is 12.8 Å². The van der Waals surface area contributed by atoms with Crippen molar-refractivity contribution in [3.63, 3.8) is 0 Å². The van der Waals surface area contributed by atoms with Gasteiger partial charge in [-0.25, -0.2) is 4.79 Å². The Kier molecular flexibility index (Phi) is 5.09. The summed E-state index contributed by atoms with van der Waals surface area (Å²) in [4.78, 5) is 12.5. The molecule has 5 heteroatoms. The van der Waals surface area contributed by atoms with Gasteiger partial charge in [0.2, 0.25) is 0 Å². The second-order valence-corrected chi connectivity index (χ2v) is 6.10. The van der Waals surface area contributed by atoms with E-state index in [0.717, 1.165) is 26.4 Å². The molecule has 0 aromatic heterocycles. The molecule has 2 aromatic rings. The van der Waals surface area contributed by atoms with E-state index in [-0.39, 0.29) is 5.97 Å². The number of benzene rings is 2. The third-order valence-electron chi connectivity index (χ3n) is 2.72. The number of carbonyl (C=O) groups is 1. The molecule has 0 radical (unpaired) electrons. The number of ether oxygens (including phenoxy) is 1. The van der Waals surface area contributed by atoms with Crippen LogP contribution < -0.4 is 5.73 Å². The van der Waals surface area contributed by atoms with Crippen molar-refractivity contribution in [1.29, 1.82) is 0 Å². The summed E-state index contributed by atoms with van der Waals surface area (Å²) in [5.74, 6) is 0.421. The van der Waals surface area contributed by atoms with E-state index in [4.69, 9.17) is 10.5 Å². The Balaban J connectivity index is 2.11. The first kappa shape index (κ1) is 14.9. The van der Waals surface area contributed by atoms with Crippen LogP contribution >= 0.6 is 27.7 Å². The van der Waals surface area contributed by atoms with Crippen molar-refractivity contribution in [3.8, 4) is 0 Å². The minimum absolute atomic E-state index is 0.321. The monoisotopic (exact) mass is 351 g/mol. The summed E-state index contributed by atoms with van der Waals surface area (Å²) in [5, 5.41) is 0. The molecule has 104 valence electrons. The number of halogens is 1. The molecule has 0 fully saturated rings. The van der Waals surface area contributed by atoms with Crippen molar-refractivity contribution >= 4 is 39.3 Å². The first-order valence-electron chi connectivity index (χ1n) is 5.95. The summed E-state index contributed by atoms with van der Waals surface area (Å²) in [5.41, 5.74) is 8.31. The minimum atomic E-state index is -0.321. The number of thioether (sulfide) groups is 1. The Morgan fingerprint density at radius 1 is 1.30 bits per heavy atom. The van der Waals surface area contributed by atoms with Crippen molar-refractivity contribution in [2.45, 2.75) is 10.6 Å². The Bertz CT molecular complexity index is 631. The van der Waals surface area contributed by atoms with E-state index in [0.29, 0.717) is 5.56 Å². The highest BCUT2D eigenvalue weighted by molar-refractivity contribution is 9.10. The van der Waals surface area contributed by atoms with Crippen LogP contribution in [-0.4, -0.2) is 13.1 Å². The van der Waals surface area contributed by atoms with E-state index in [2.05, 4.69) is 15.9 Å². The lowest BCUT2D eigenvalue weighted by Gasteiger charge is -2.07. The van der Waals surface area contributed by atoms with Crippen LogP contribution in [-0.2, 0) is 10.5 Å². The number of nitrogen functional groups attached to an aromatic ring is 1. The Hall–Kier alpha value is -1.46. The van der Waals surface area contributed by atoms with Gasteiger partial charge in [-0.15, -0.1) is 11.8 Å². The van der Waals surface area contributed by atoms with Gasteiger partial charge in [-0.1, -0.05) is 28.1 Å². The van der Waals surface area contributed by atoms with Gasteiger partial charge in [0.25, 0.3) is 0 Å². The Morgan fingerprint density at radius 3 is 2.85 bits per heavy atom. The zero-order valence-electron chi connectivity index (χ0n) is 10.9. The van der Waals surface area contributed by atoms with Gasteiger partial charge in [0.1, 0.15) is 0 Å². The topological polar surface area (TPSA) is 52.3 Å². The fourth-order valence-electron chi connectivity index (χ4n) is 1.70. The number of hydrogen-bond acceptors (Lipinski definition) is 4. The summed E-state index contributed by atoms with van der Waals surface area (Å²) >= 11 is 5.07. The normalized spacial score (nSPS) is 10.3. The zero-order valence-corrected chi connectivity index (χ0v) is 13.3. The fraction of sp³-hybridized carbons (Fsp3) is 0.133. The van der Waals surface area contributed by atoms with E-state index in [1.54, 1.807) is 17.8 Å². The molecular weight excluding hydrogens is 338 g/mol. The average molecular weight is 352 g/mol. The van der Waals surface area contributed by atoms with Gasteiger partial charge in [-0.05, 0) is 35.9 Å². The number of carbonyl (C=O) groups excluding carboxylic acids is 1. The summed E-state index contributed by atoms with van der Waals surface area (Å²) < 4.78 is 5.71. The first-order valence-corrected chi connectivity index (χ1v) is 7.73. The lowest BCUT2D eigenvalue weighted by molar-refractivity contribution is 0.0600. The SMILES string of the molecule is COC(=O)c1cccc(CSc2cc(Br)ccc2N)c1. The van der Waals surface area contributed by atoms with E-state index in [9.17, 15) is 4.79 Å². The molecule has 0 saturated heterocycles. The molecule has 2 rings (SSSR count). The van der Waals surface area contributed by atoms with Crippen LogP contribution in [0.1, 0.15) is 15.9 Å². The van der Waals surface area contributed by atoms with Crippen LogP contribution in [0.5, 0.6) is 0 Å². The molecule has 0 saturated carbocycles. The van der Waals surface area contributed by atoms with Crippen LogP contribution in [0.15, 0.2) is 51.8 Å². The van der Waals surface area contributed by atoms with E-state index in [1.165, 1.54) is 7.11 Å². The molecule has 0 unspecified atom stereocenters. The van der Waals surface area contributed by atoms with Gasteiger partial charge in [-0.3, -0.25) is 0 Å². The average Bonchev–Trinajstić information content (AvgIpc) is 2.47. The fourth-order valence-corrected chi connectivity index (χ4v) is 3.16. The number of anilines is 1. The van der Waals surface area contributed by atoms with Crippen LogP contribution in [0.3, 0.4) is 0 Å². The van der Waals surface area contributed by atoms with Crippen molar-refractivity contribution in [1.82, 2.24) is 0 Å². The Labute approximate surface area is 130 Å². The van der Waals surface area contributed by atoms with Crippen LogP contribution in [0.25, 0.3) is 0 Å². The number of esters is 1. The molecular formula is C15H14BrNO2S. The van der Waals surface area contributed by atoms with Crippen molar-refractivity contribution in [3.05, 3.63) is 58.1 Å². The van der Waals surface area contributed by atoms with E-state index < -0.39 is 0 Å². The van der Waals surface area contributed by atoms with Gasteiger partial charge in [-0.2, -0.15) is 0 Å². The van der Waals surface area contributed by atoms with Gasteiger partial charge in [0.15, 0.2) is 0 Å². The maximum atomic E-state index is 11.5. The molecule has 0 aliphatic heterocycles. The van der Waals surface area contributed by atoms with E-state index in [1.807, 2.05) is 36.4 Å². The highest BCUT2D eigenvalue weighted by atomic mass is 79.9. The molecule has 2 N–H and O–H groups in total. The smallest absolute Gasteiger partial charge is 0.337 e. The van der Waals surface area contributed by atoms with Crippen LogP contribution in [0, 0.1) is 0 Å². The largest absolute Gasteiger partial charge is 0.465 e. The van der Waals surface area contributed by atoms with Crippen LogP contribution in [0.4, 0.5) is 5.69 Å². The van der Waals surface area contributed by atoms with Gasteiger partial charge < -0.3 is 10.5 Å². The predicted octanol–water partition coefficient (Wildman–Crippen LogP) is 4.11. The predicted molar refractivity (Wildman–Crippen MR) is 85.9 cm³/mol. The lowest BCUT2D eigenvalue weighted by Crippen LogP contribution is -2.01. The molecule has 3 nitrogen and oxygen atoms in total. The third kappa shape index (κ3) is 3.77. The maximum Gasteiger partial charge on any atom is 0.337 e. The molecule has 0 aliphatic carbocycles. The summed E-state index contributed by atoms with van der Waals surface area (Å²) in [6.07, 6.45) is 0. The molecule has 0 bridgehead atoms. The number of rotatable bonds is 4. The number of hydrogen-bond donors (Lipinski definition) is 1. The highest BCUT2D eigenvalue weighted by Gasteiger charge is 2.07. The van der Waals surface area contributed by atoms with Crippen molar-refractivity contribution in [2.24, 2.45) is 0 Å². The summed E-state index contributed by atoms with van der Waals surface area (Å²) in [6, 6.07) is 13.2. The second kappa shape index (κ2) is 6.81. The minimum Gasteiger partial charge on any atom is -0.465 e. The summed E-state index contributed by atoms with van der Waals surface area (Å²) in [7, 11) is 1.38. The molecule has 2 aromatic carbocycles. The van der Waals surface area contributed by atoms with Gasteiger partial charge >= 0.3 is 5.97 Å². The molecule has 0 heterocycles. The number of methoxy groups -OCH3 is 1. The Morgan fingerprint density at radius 2 is 2.10 bits per heavy atom. The molecule has 20 heavy (non-hydrogen) atoms. The van der Waals surface area contributed by atoms with Crippen molar-refractivity contribution < 1.29 is 9.53 Å². The molecule has 0 atom stereocenters. The highest BCUT2D eigenvalue weighted by Crippen LogP contribution is 2.30. The zero-order chi connectivity index (χ0) is 14.5. The quantitative estimate of drug-likeness (QED) is 0.511. The standard InChI is InChI=1S/C15H14BrNO2S/c1-19-15(18)11-4-2-3-10(7-11)9-20-14-8-12(16)5-6-13(14)17/h2-8H,9,17H2,1H3. The maximum absolute atomic E-state index is 11.5. The molecule has 0 aliphatic rings. The lowest BCUT2D eigenvalue weighted by atomic mass is 10.1. The molecule has 0 spiro atoms. The summed E-state index contributed by atoms with van der Waals surface area (Å²) in [6.45, 7) is 0. The first-order chi connectivity index (χ1) is 9.60. The second-order valence-electron chi connectivity index (χ2n) is 4.16. The van der Waals surface area contributed by atoms with Gasteiger partial charge in [0.05, 0.1) is 12.7 Å².